The Hall–Kier alpha value is -1.36. The third-order valence-corrected chi connectivity index (χ3v) is 2.49. The predicted molar refractivity (Wildman–Crippen MR) is 68.4 cm³/mol. The van der Waals surface area contributed by atoms with Crippen LogP contribution >= 0.6 is 0 Å². The highest BCUT2D eigenvalue weighted by atomic mass is 16.2. The molecule has 0 saturated heterocycles. The van der Waals surface area contributed by atoms with Gasteiger partial charge >= 0.3 is 5.69 Å². The highest BCUT2D eigenvalue weighted by molar-refractivity contribution is 4.86. The lowest BCUT2D eigenvalue weighted by Crippen LogP contribution is -2.41. The quantitative estimate of drug-likeness (QED) is 0.782. The third-order valence-electron chi connectivity index (χ3n) is 2.49. The van der Waals surface area contributed by atoms with Gasteiger partial charge in [-0.3, -0.25) is 9.36 Å². The first-order chi connectivity index (χ1) is 8.06. The van der Waals surface area contributed by atoms with Crippen molar-refractivity contribution in [2.75, 3.05) is 6.54 Å². The molecule has 0 radical (unpaired) electrons. The predicted octanol–water partition coefficient (Wildman–Crippen LogP) is 0.418. The molecule has 5 heteroatoms. The Bertz CT molecular complexity index is 460. The molecule has 0 bridgehead atoms. The molecule has 1 N–H and O–H groups in total. The number of aryl methyl sites for hydroxylation is 1. The molecule has 96 valence electrons. The Labute approximate surface area is 101 Å². The molecule has 1 heterocycles. The summed E-state index contributed by atoms with van der Waals surface area (Å²) in [6.45, 7) is 7.76. The minimum absolute atomic E-state index is 0.218. The molecular weight excluding hydrogens is 218 g/mol. The fraction of sp³-hybridized carbons (Fsp3) is 0.667. The smallest absolute Gasteiger partial charge is 0.313 e. The molecule has 0 fully saturated rings. The molecule has 0 saturated carbocycles. The Morgan fingerprint density at radius 1 is 1.29 bits per heavy atom. The summed E-state index contributed by atoms with van der Waals surface area (Å²) in [5.74, 6) is 0. The van der Waals surface area contributed by atoms with Gasteiger partial charge in [0.2, 0.25) is 0 Å². The topological polar surface area (TPSA) is 56.0 Å². The van der Waals surface area contributed by atoms with Crippen LogP contribution < -0.4 is 16.6 Å². The van der Waals surface area contributed by atoms with Crippen LogP contribution in [0.3, 0.4) is 0 Å². The number of hydrogen-bond donors (Lipinski definition) is 1. The summed E-state index contributed by atoms with van der Waals surface area (Å²) in [7, 11) is 0. The second kappa shape index (κ2) is 6.39. The van der Waals surface area contributed by atoms with Gasteiger partial charge in [-0.05, 0) is 6.42 Å². The van der Waals surface area contributed by atoms with Crippen LogP contribution in [0.25, 0.3) is 0 Å². The van der Waals surface area contributed by atoms with Crippen molar-refractivity contribution < 1.29 is 0 Å². The average molecular weight is 239 g/mol. The minimum Gasteiger partial charge on any atom is -0.313 e. The Morgan fingerprint density at radius 2 is 2.00 bits per heavy atom. The Balaban J connectivity index is 2.86. The molecule has 0 aliphatic rings. The lowest BCUT2D eigenvalue weighted by atomic mass is 10.4. The molecule has 5 nitrogen and oxygen atoms in total. The van der Waals surface area contributed by atoms with Gasteiger partial charge in [0.05, 0.1) is 0 Å². The van der Waals surface area contributed by atoms with Gasteiger partial charge in [0.1, 0.15) is 0 Å². The molecule has 0 aliphatic carbocycles. The van der Waals surface area contributed by atoms with Crippen LogP contribution in [0.2, 0.25) is 0 Å². The van der Waals surface area contributed by atoms with E-state index < -0.39 is 0 Å². The van der Waals surface area contributed by atoms with Gasteiger partial charge < -0.3 is 9.88 Å². The van der Waals surface area contributed by atoms with Crippen molar-refractivity contribution in [3.63, 3.8) is 0 Å². The molecular formula is C12H21N3O2. The van der Waals surface area contributed by atoms with Crippen LogP contribution in [-0.2, 0) is 13.1 Å². The van der Waals surface area contributed by atoms with E-state index in [4.69, 9.17) is 0 Å². The largest absolute Gasteiger partial charge is 0.331 e. The maximum absolute atomic E-state index is 12.0. The van der Waals surface area contributed by atoms with Crippen molar-refractivity contribution >= 4 is 0 Å². The first kappa shape index (κ1) is 13.7. The SMILES string of the molecule is CCCn1ccc(=O)n(CCNC(C)C)c1=O. The van der Waals surface area contributed by atoms with E-state index in [1.54, 1.807) is 10.8 Å². The van der Waals surface area contributed by atoms with Crippen LogP contribution in [-0.4, -0.2) is 21.7 Å². The van der Waals surface area contributed by atoms with E-state index in [9.17, 15) is 9.59 Å². The average Bonchev–Trinajstić information content (AvgIpc) is 2.27. The molecule has 0 atom stereocenters. The number of nitrogens with one attached hydrogen (secondary N) is 1. The van der Waals surface area contributed by atoms with Crippen LogP contribution in [0.4, 0.5) is 0 Å². The van der Waals surface area contributed by atoms with Crippen molar-refractivity contribution in [1.82, 2.24) is 14.5 Å². The van der Waals surface area contributed by atoms with Crippen LogP contribution in [0.15, 0.2) is 21.9 Å². The van der Waals surface area contributed by atoms with Gasteiger partial charge in [-0.25, -0.2) is 4.79 Å². The highest BCUT2D eigenvalue weighted by Gasteiger charge is 2.04. The first-order valence-electron chi connectivity index (χ1n) is 6.10. The zero-order valence-corrected chi connectivity index (χ0v) is 10.8. The van der Waals surface area contributed by atoms with Crippen molar-refractivity contribution in [3.8, 4) is 0 Å². The summed E-state index contributed by atoms with van der Waals surface area (Å²) >= 11 is 0. The van der Waals surface area contributed by atoms with Crippen molar-refractivity contribution in [2.45, 2.75) is 46.3 Å². The van der Waals surface area contributed by atoms with E-state index in [1.165, 1.54) is 10.6 Å². The monoisotopic (exact) mass is 239 g/mol. The second-order valence-electron chi connectivity index (χ2n) is 4.39. The zero-order valence-electron chi connectivity index (χ0n) is 10.8. The van der Waals surface area contributed by atoms with E-state index in [1.807, 2.05) is 20.8 Å². The molecule has 1 aromatic heterocycles. The number of rotatable bonds is 6. The van der Waals surface area contributed by atoms with E-state index >= 15 is 0 Å². The van der Waals surface area contributed by atoms with E-state index in [2.05, 4.69) is 5.32 Å². The molecule has 0 spiro atoms. The third kappa shape index (κ3) is 3.85. The van der Waals surface area contributed by atoms with Crippen molar-refractivity contribution in [2.24, 2.45) is 0 Å². The zero-order chi connectivity index (χ0) is 12.8. The summed E-state index contributed by atoms with van der Waals surface area (Å²) in [6, 6.07) is 1.80. The van der Waals surface area contributed by atoms with Gasteiger partial charge in [-0.15, -0.1) is 0 Å². The molecule has 17 heavy (non-hydrogen) atoms. The summed E-state index contributed by atoms with van der Waals surface area (Å²) in [5, 5.41) is 3.19. The number of aromatic nitrogens is 2. The fourth-order valence-electron chi connectivity index (χ4n) is 1.64. The lowest BCUT2D eigenvalue weighted by molar-refractivity contribution is 0.497. The number of hydrogen-bond acceptors (Lipinski definition) is 3. The van der Waals surface area contributed by atoms with Gasteiger partial charge in [-0.2, -0.15) is 0 Å². The summed E-state index contributed by atoms with van der Waals surface area (Å²) in [4.78, 5) is 23.5. The first-order valence-corrected chi connectivity index (χ1v) is 6.10. The maximum atomic E-state index is 12.0. The van der Waals surface area contributed by atoms with Crippen molar-refractivity contribution in [1.29, 1.82) is 0 Å². The van der Waals surface area contributed by atoms with Gasteiger partial charge in [0.15, 0.2) is 0 Å². The van der Waals surface area contributed by atoms with Crippen molar-refractivity contribution in [3.05, 3.63) is 33.1 Å². The van der Waals surface area contributed by atoms with E-state index in [0.717, 1.165) is 6.42 Å². The lowest BCUT2D eigenvalue weighted by Gasteiger charge is -2.11. The number of nitrogens with zero attached hydrogens (tertiary/aromatic N) is 2. The molecule has 0 unspecified atom stereocenters. The van der Waals surface area contributed by atoms with Crippen LogP contribution in [0.5, 0.6) is 0 Å². The Kier molecular flexibility index (Phi) is 5.15. The molecule has 1 rings (SSSR count). The summed E-state index contributed by atoms with van der Waals surface area (Å²) in [5.41, 5.74) is -0.446. The second-order valence-corrected chi connectivity index (χ2v) is 4.39. The minimum atomic E-state index is -0.229. The van der Waals surface area contributed by atoms with Gasteiger partial charge in [-0.1, -0.05) is 20.8 Å². The Morgan fingerprint density at radius 3 is 2.59 bits per heavy atom. The summed E-state index contributed by atoms with van der Waals surface area (Å²) < 4.78 is 2.86. The van der Waals surface area contributed by atoms with E-state index in [-0.39, 0.29) is 11.2 Å². The maximum Gasteiger partial charge on any atom is 0.331 e. The van der Waals surface area contributed by atoms with Crippen LogP contribution in [0, 0.1) is 0 Å². The highest BCUT2D eigenvalue weighted by Crippen LogP contribution is 1.84. The normalized spacial score (nSPS) is 11.1. The van der Waals surface area contributed by atoms with Gasteiger partial charge in [0, 0.05) is 37.9 Å². The molecule has 0 aromatic carbocycles. The summed E-state index contributed by atoms with van der Waals surface area (Å²) in [6.07, 6.45) is 2.45. The molecule has 0 aliphatic heterocycles. The standard InChI is InChI=1S/C12H21N3O2/c1-4-7-14-8-5-11(16)15(12(14)17)9-6-13-10(2)3/h5,8,10,13H,4,6-7,9H2,1-3H3. The van der Waals surface area contributed by atoms with E-state index in [0.29, 0.717) is 25.7 Å². The van der Waals surface area contributed by atoms with Crippen LogP contribution in [0.1, 0.15) is 27.2 Å². The van der Waals surface area contributed by atoms with Gasteiger partial charge in [0.25, 0.3) is 5.56 Å². The fourth-order valence-corrected chi connectivity index (χ4v) is 1.64. The molecule has 1 aromatic rings. The molecule has 0 amide bonds.